The molecule has 1 aromatic rings. The summed E-state index contributed by atoms with van der Waals surface area (Å²) in [5.74, 6) is 0.442. The predicted molar refractivity (Wildman–Crippen MR) is 72.8 cm³/mol. The smallest absolute Gasteiger partial charge is 0.345 e. The van der Waals surface area contributed by atoms with E-state index in [1.54, 1.807) is 6.07 Å². The van der Waals surface area contributed by atoms with Gasteiger partial charge in [0.1, 0.15) is 12.4 Å². The van der Waals surface area contributed by atoms with Gasteiger partial charge in [0.15, 0.2) is 0 Å². The molecule has 1 aliphatic rings. The SMILES string of the molecule is CCNCc1cc(C)nc(N(CC(F)(F)F)C2CC2)c1. The molecule has 3 nitrogen and oxygen atoms in total. The highest BCUT2D eigenvalue weighted by Crippen LogP contribution is 2.33. The summed E-state index contributed by atoms with van der Waals surface area (Å²) in [4.78, 5) is 5.68. The summed E-state index contributed by atoms with van der Waals surface area (Å²) < 4.78 is 38.1. The van der Waals surface area contributed by atoms with Crippen LogP contribution in [0.1, 0.15) is 31.0 Å². The number of halogens is 3. The van der Waals surface area contributed by atoms with Crippen LogP contribution in [0.3, 0.4) is 0 Å². The number of hydrogen-bond acceptors (Lipinski definition) is 3. The van der Waals surface area contributed by atoms with Crippen molar-refractivity contribution in [2.45, 2.75) is 45.5 Å². The van der Waals surface area contributed by atoms with Crippen LogP contribution in [-0.4, -0.2) is 30.3 Å². The number of rotatable bonds is 6. The Bertz CT molecular complexity index is 455. The van der Waals surface area contributed by atoms with E-state index in [9.17, 15) is 13.2 Å². The first-order valence-corrected chi connectivity index (χ1v) is 6.90. The minimum absolute atomic E-state index is 0.0158. The fourth-order valence-electron chi connectivity index (χ4n) is 2.22. The van der Waals surface area contributed by atoms with Gasteiger partial charge in [-0.2, -0.15) is 13.2 Å². The number of aryl methyl sites for hydroxylation is 1. The lowest BCUT2D eigenvalue weighted by Gasteiger charge is -2.25. The third-order valence-electron chi connectivity index (χ3n) is 3.21. The Morgan fingerprint density at radius 3 is 2.60 bits per heavy atom. The van der Waals surface area contributed by atoms with Crippen molar-refractivity contribution in [2.75, 3.05) is 18.0 Å². The standard InChI is InChI=1S/C14H20F3N3/c1-3-18-8-11-6-10(2)19-13(7-11)20(12-4-5-12)9-14(15,16)17/h6-7,12,18H,3-5,8-9H2,1-2H3. The molecule has 0 aliphatic heterocycles. The normalized spacial score (nSPS) is 15.4. The highest BCUT2D eigenvalue weighted by Gasteiger charge is 2.38. The van der Waals surface area contributed by atoms with Crippen LogP contribution in [0, 0.1) is 6.92 Å². The van der Waals surface area contributed by atoms with Gasteiger partial charge in [-0.15, -0.1) is 0 Å². The van der Waals surface area contributed by atoms with Crippen molar-refractivity contribution in [1.82, 2.24) is 10.3 Å². The molecule has 112 valence electrons. The lowest BCUT2D eigenvalue weighted by atomic mass is 10.2. The predicted octanol–water partition coefficient (Wildman–Crippen LogP) is 3.03. The number of nitrogens with zero attached hydrogens (tertiary/aromatic N) is 2. The fourth-order valence-corrected chi connectivity index (χ4v) is 2.22. The molecule has 0 unspecified atom stereocenters. The first-order chi connectivity index (χ1) is 9.39. The summed E-state index contributed by atoms with van der Waals surface area (Å²) in [6.45, 7) is 4.37. The van der Waals surface area contributed by atoms with Crippen LogP contribution in [0.15, 0.2) is 12.1 Å². The van der Waals surface area contributed by atoms with Crippen molar-refractivity contribution in [1.29, 1.82) is 0 Å². The summed E-state index contributed by atoms with van der Waals surface area (Å²) in [6, 6.07) is 3.66. The largest absolute Gasteiger partial charge is 0.405 e. The van der Waals surface area contributed by atoms with Gasteiger partial charge in [-0.25, -0.2) is 4.98 Å². The molecule has 0 radical (unpaired) electrons. The Balaban J connectivity index is 2.21. The number of pyridine rings is 1. The van der Waals surface area contributed by atoms with E-state index >= 15 is 0 Å². The van der Waals surface area contributed by atoms with Gasteiger partial charge in [-0.3, -0.25) is 0 Å². The number of anilines is 1. The van der Waals surface area contributed by atoms with Gasteiger partial charge in [-0.05, 0) is 44.0 Å². The molecule has 0 amide bonds. The van der Waals surface area contributed by atoms with Crippen molar-refractivity contribution >= 4 is 5.82 Å². The lowest BCUT2D eigenvalue weighted by Crippen LogP contribution is -2.36. The van der Waals surface area contributed by atoms with Crippen LogP contribution in [-0.2, 0) is 6.54 Å². The second-order valence-corrected chi connectivity index (χ2v) is 5.23. The summed E-state index contributed by atoms with van der Waals surface area (Å²) in [6.07, 6.45) is -2.57. The molecule has 0 atom stereocenters. The zero-order valence-electron chi connectivity index (χ0n) is 11.8. The molecule has 0 spiro atoms. The van der Waals surface area contributed by atoms with Gasteiger partial charge in [0.25, 0.3) is 0 Å². The van der Waals surface area contributed by atoms with Crippen molar-refractivity contribution in [2.24, 2.45) is 0 Å². The maximum Gasteiger partial charge on any atom is 0.405 e. The number of alkyl halides is 3. The van der Waals surface area contributed by atoms with Gasteiger partial charge in [0.05, 0.1) is 0 Å². The number of aromatic nitrogens is 1. The van der Waals surface area contributed by atoms with Crippen LogP contribution in [0.5, 0.6) is 0 Å². The molecule has 1 N–H and O–H groups in total. The molecule has 1 fully saturated rings. The van der Waals surface area contributed by atoms with Crippen molar-refractivity contribution in [3.8, 4) is 0 Å². The summed E-state index contributed by atoms with van der Waals surface area (Å²) in [7, 11) is 0. The minimum atomic E-state index is -4.20. The monoisotopic (exact) mass is 287 g/mol. The molecular formula is C14H20F3N3. The van der Waals surface area contributed by atoms with Crippen LogP contribution >= 0.6 is 0 Å². The van der Waals surface area contributed by atoms with E-state index < -0.39 is 12.7 Å². The van der Waals surface area contributed by atoms with Gasteiger partial charge in [0.2, 0.25) is 0 Å². The molecule has 1 heterocycles. The van der Waals surface area contributed by atoms with E-state index in [1.165, 1.54) is 4.90 Å². The Morgan fingerprint density at radius 1 is 1.35 bits per heavy atom. The van der Waals surface area contributed by atoms with Crippen LogP contribution in [0.25, 0.3) is 0 Å². The highest BCUT2D eigenvalue weighted by molar-refractivity contribution is 5.45. The third-order valence-corrected chi connectivity index (χ3v) is 3.21. The number of nitrogens with one attached hydrogen (secondary N) is 1. The van der Waals surface area contributed by atoms with Crippen molar-refractivity contribution in [3.63, 3.8) is 0 Å². The first kappa shape index (κ1) is 15.1. The van der Waals surface area contributed by atoms with E-state index in [0.29, 0.717) is 12.4 Å². The third kappa shape index (κ3) is 4.37. The topological polar surface area (TPSA) is 28.2 Å². The molecule has 1 saturated carbocycles. The second-order valence-electron chi connectivity index (χ2n) is 5.23. The Morgan fingerprint density at radius 2 is 2.05 bits per heavy atom. The molecular weight excluding hydrogens is 267 g/mol. The van der Waals surface area contributed by atoms with Gasteiger partial charge >= 0.3 is 6.18 Å². The Labute approximate surface area is 117 Å². The Hall–Kier alpha value is -1.30. The van der Waals surface area contributed by atoms with Crippen LogP contribution in [0.2, 0.25) is 0 Å². The summed E-state index contributed by atoms with van der Waals surface area (Å²) in [5, 5.41) is 3.18. The van der Waals surface area contributed by atoms with Gasteiger partial charge in [-0.1, -0.05) is 6.92 Å². The van der Waals surface area contributed by atoms with Crippen molar-refractivity contribution < 1.29 is 13.2 Å². The molecule has 1 aromatic heterocycles. The van der Waals surface area contributed by atoms with E-state index in [-0.39, 0.29) is 6.04 Å². The second kappa shape index (κ2) is 5.99. The minimum Gasteiger partial charge on any atom is -0.345 e. The zero-order valence-corrected chi connectivity index (χ0v) is 11.8. The molecule has 0 aromatic carbocycles. The molecule has 0 saturated heterocycles. The van der Waals surface area contributed by atoms with Gasteiger partial charge in [0, 0.05) is 18.3 Å². The average molecular weight is 287 g/mol. The van der Waals surface area contributed by atoms with Crippen LogP contribution in [0.4, 0.5) is 19.0 Å². The van der Waals surface area contributed by atoms with Crippen molar-refractivity contribution in [3.05, 3.63) is 23.4 Å². The lowest BCUT2D eigenvalue weighted by molar-refractivity contribution is -0.120. The molecule has 0 bridgehead atoms. The Kier molecular flexibility index (Phi) is 4.52. The summed E-state index contributed by atoms with van der Waals surface area (Å²) in [5.41, 5.74) is 1.73. The first-order valence-electron chi connectivity index (χ1n) is 6.90. The van der Waals surface area contributed by atoms with Crippen LogP contribution < -0.4 is 10.2 Å². The van der Waals surface area contributed by atoms with E-state index in [0.717, 1.165) is 30.6 Å². The molecule has 20 heavy (non-hydrogen) atoms. The maximum atomic E-state index is 12.7. The zero-order chi connectivity index (χ0) is 14.8. The highest BCUT2D eigenvalue weighted by atomic mass is 19.4. The average Bonchev–Trinajstić information content (AvgIpc) is 3.16. The fraction of sp³-hybridized carbons (Fsp3) is 0.643. The summed E-state index contributed by atoms with van der Waals surface area (Å²) >= 11 is 0. The van der Waals surface area contributed by atoms with Gasteiger partial charge < -0.3 is 10.2 Å². The molecule has 6 heteroatoms. The molecule has 2 rings (SSSR count). The number of hydrogen-bond donors (Lipinski definition) is 1. The molecule has 1 aliphatic carbocycles. The van der Waals surface area contributed by atoms with E-state index in [2.05, 4.69) is 10.3 Å². The van der Waals surface area contributed by atoms with E-state index in [1.807, 2.05) is 19.9 Å². The quantitative estimate of drug-likeness (QED) is 0.871. The van der Waals surface area contributed by atoms with E-state index in [4.69, 9.17) is 0 Å². The maximum absolute atomic E-state index is 12.7.